The third-order valence-corrected chi connectivity index (χ3v) is 6.06. The van der Waals surface area contributed by atoms with E-state index in [2.05, 4.69) is 39.9 Å². The molecule has 4 atom stereocenters. The Hall–Kier alpha value is -1.36. The Balaban J connectivity index is 1.45. The van der Waals surface area contributed by atoms with Crippen molar-refractivity contribution in [1.29, 1.82) is 0 Å². The molecule has 5 heteroatoms. The first kappa shape index (κ1) is 17.1. The van der Waals surface area contributed by atoms with Gasteiger partial charge in [-0.2, -0.15) is 5.10 Å². The molecule has 2 fully saturated rings. The van der Waals surface area contributed by atoms with E-state index < -0.39 is 0 Å². The Bertz CT molecular complexity index is 731. The van der Waals surface area contributed by atoms with E-state index in [0.29, 0.717) is 6.04 Å². The van der Waals surface area contributed by atoms with Crippen molar-refractivity contribution in [2.24, 2.45) is 11.8 Å². The molecule has 1 aromatic heterocycles. The van der Waals surface area contributed by atoms with Gasteiger partial charge < -0.3 is 4.74 Å². The first-order chi connectivity index (χ1) is 12.1. The van der Waals surface area contributed by atoms with Crippen LogP contribution >= 0.6 is 11.6 Å². The minimum absolute atomic E-state index is 0.256. The van der Waals surface area contributed by atoms with Crippen LogP contribution in [0.5, 0.6) is 0 Å². The van der Waals surface area contributed by atoms with E-state index in [1.165, 1.54) is 11.1 Å². The summed E-state index contributed by atoms with van der Waals surface area (Å²) in [6.45, 7) is 5.39. The topological polar surface area (TPSA) is 30.3 Å². The molecule has 2 heterocycles. The third-order valence-electron chi connectivity index (χ3n) is 5.83. The van der Waals surface area contributed by atoms with Crippen molar-refractivity contribution in [1.82, 2.24) is 14.7 Å². The molecule has 1 saturated heterocycles. The molecule has 25 heavy (non-hydrogen) atoms. The lowest BCUT2D eigenvalue weighted by Crippen LogP contribution is -2.37. The molecule has 1 aliphatic carbocycles. The lowest BCUT2D eigenvalue weighted by Gasteiger charge is -2.37. The average molecular weight is 360 g/mol. The molecular weight excluding hydrogens is 334 g/mol. The fourth-order valence-electron chi connectivity index (χ4n) is 4.66. The summed E-state index contributed by atoms with van der Waals surface area (Å²) in [5.74, 6) is 1.44. The van der Waals surface area contributed by atoms with Crippen LogP contribution in [0, 0.1) is 18.8 Å². The van der Waals surface area contributed by atoms with Gasteiger partial charge in [-0.25, -0.2) is 0 Å². The number of aromatic nitrogens is 2. The minimum atomic E-state index is 0.256. The van der Waals surface area contributed by atoms with Gasteiger partial charge in [-0.3, -0.25) is 9.58 Å². The molecule has 134 valence electrons. The summed E-state index contributed by atoms with van der Waals surface area (Å²) in [4.78, 5) is 2.57. The Morgan fingerprint density at radius 3 is 2.72 bits per heavy atom. The Morgan fingerprint density at radius 1 is 1.24 bits per heavy atom. The molecular formula is C20H26ClN3O. The molecule has 1 aromatic carbocycles. The molecule has 0 unspecified atom stereocenters. The van der Waals surface area contributed by atoms with E-state index >= 15 is 0 Å². The number of aryl methyl sites for hydroxylation is 1. The van der Waals surface area contributed by atoms with Gasteiger partial charge in [-0.1, -0.05) is 23.7 Å². The van der Waals surface area contributed by atoms with Crippen molar-refractivity contribution in [2.45, 2.75) is 38.5 Å². The molecule has 0 spiro atoms. The monoisotopic (exact) mass is 359 g/mol. The molecule has 0 amide bonds. The van der Waals surface area contributed by atoms with Gasteiger partial charge in [-0.05, 0) is 54.9 Å². The second-order valence-electron chi connectivity index (χ2n) is 7.65. The second-order valence-corrected chi connectivity index (χ2v) is 8.09. The summed E-state index contributed by atoms with van der Waals surface area (Å²) >= 11 is 6.13. The number of hydrogen-bond donors (Lipinski definition) is 0. The predicted molar refractivity (Wildman–Crippen MR) is 99.7 cm³/mol. The molecule has 0 radical (unpaired) electrons. The van der Waals surface area contributed by atoms with Crippen LogP contribution in [-0.4, -0.2) is 41.0 Å². The fourth-order valence-corrected chi connectivity index (χ4v) is 4.87. The first-order valence-electron chi connectivity index (χ1n) is 9.12. The summed E-state index contributed by atoms with van der Waals surface area (Å²) in [6, 6.07) is 8.58. The number of halogens is 1. The number of methoxy groups -OCH3 is 1. The zero-order valence-corrected chi connectivity index (χ0v) is 15.7. The zero-order valence-electron chi connectivity index (χ0n) is 14.9. The van der Waals surface area contributed by atoms with Crippen molar-refractivity contribution in [2.75, 3.05) is 20.2 Å². The van der Waals surface area contributed by atoms with Gasteiger partial charge in [-0.15, -0.1) is 0 Å². The Labute approximate surface area is 154 Å². The normalized spacial score (nSPS) is 29.7. The summed E-state index contributed by atoms with van der Waals surface area (Å²) in [5.41, 5.74) is 2.51. The molecule has 1 saturated carbocycles. The average Bonchev–Trinajstić information content (AvgIpc) is 3.18. The highest BCUT2D eigenvalue weighted by atomic mass is 35.5. The van der Waals surface area contributed by atoms with Gasteiger partial charge in [0.25, 0.3) is 0 Å². The summed E-state index contributed by atoms with van der Waals surface area (Å²) in [6.07, 6.45) is 6.62. The number of rotatable bonds is 4. The van der Waals surface area contributed by atoms with Gasteiger partial charge in [0.15, 0.2) is 0 Å². The number of fused-ring (bicyclic) bond motifs is 1. The Morgan fingerprint density at radius 2 is 2.04 bits per heavy atom. The molecule has 0 bridgehead atoms. The quantitative estimate of drug-likeness (QED) is 0.828. The molecule has 4 nitrogen and oxygen atoms in total. The highest BCUT2D eigenvalue weighted by Crippen LogP contribution is 2.42. The first-order valence-corrected chi connectivity index (χ1v) is 9.50. The highest BCUT2D eigenvalue weighted by Gasteiger charge is 2.43. The van der Waals surface area contributed by atoms with Gasteiger partial charge in [0.2, 0.25) is 0 Å². The van der Waals surface area contributed by atoms with Gasteiger partial charge in [0.1, 0.15) is 0 Å². The zero-order chi connectivity index (χ0) is 17.4. The van der Waals surface area contributed by atoms with E-state index in [-0.39, 0.29) is 6.10 Å². The maximum Gasteiger partial charge on any atom is 0.0798 e. The van der Waals surface area contributed by atoms with Crippen LogP contribution in [0.4, 0.5) is 0 Å². The maximum absolute atomic E-state index is 6.13. The minimum Gasteiger partial charge on any atom is -0.379 e. The van der Waals surface area contributed by atoms with E-state index in [4.69, 9.17) is 16.3 Å². The highest BCUT2D eigenvalue weighted by molar-refractivity contribution is 6.30. The van der Waals surface area contributed by atoms with Gasteiger partial charge in [0, 0.05) is 38.0 Å². The van der Waals surface area contributed by atoms with Crippen molar-refractivity contribution < 1.29 is 4.74 Å². The SMILES string of the molecule is CO[C@H]1C[C@@H]2CN(Cc3cccc(Cl)c3)C[C@@H]2C[C@@H]1n1cc(C)cn1. The number of benzene rings is 1. The van der Waals surface area contributed by atoms with Crippen LogP contribution in [0.2, 0.25) is 5.02 Å². The van der Waals surface area contributed by atoms with Crippen LogP contribution in [0.1, 0.15) is 30.0 Å². The van der Waals surface area contributed by atoms with E-state index in [9.17, 15) is 0 Å². The van der Waals surface area contributed by atoms with E-state index in [1.54, 1.807) is 0 Å². The maximum atomic E-state index is 6.13. The fraction of sp³-hybridized carbons (Fsp3) is 0.550. The van der Waals surface area contributed by atoms with Crippen molar-refractivity contribution in [3.8, 4) is 0 Å². The van der Waals surface area contributed by atoms with Crippen LogP contribution in [0.15, 0.2) is 36.7 Å². The van der Waals surface area contributed by atoms with E-state index in [0.717, 1.165) is 49.3 Å². The molecule has 2 aromatic rings. The molecule has 2 aliphatic rings. The van der Waals surface area contributed by atoms with Gasteiger partial charge in [0.05, 0.1) is 18.3 Å². The van der Waals surface area contributed by atoms with E-state index in [1.807, 2.05) is 25.4 Å². The third kappa shape index (κ3) is 3.62. The largest absolute Gasteiger partial charge is 0.379 e. The Kier molecular flexibility index (Phi) is 4.85. The molecule has 0 N–H and O–H groups in total. The smallest absolute Gasteiger partial charge is 0.0798 e. The molecule has 4 rings (SSSR count). The summed E-state index contributed by atoms with van der Waals surface area (Å²) in [7, 11) is 1.84. The standard InChI is InChI=1S/C20H26ClN3O/c1-14-9-22-24(10-14)19-7-16-12-23(13-17(16)8-20(19)25-2)11-15-4-3-5-18(21)6-15/h3-6,9-10,16-17,19-20H,7-8,11-13H2,1-2H3/t16-,17+,19-,20-/m0/s1. The number of likely N-dealkylation sites (tertiary alicyclic amines) is 1. The van der Waals surface area contributed by atoms with Crippen molar-refractivity contribution in [3.05, 3.63) is 52.8 Å². The second kappa shape index (κ2) is 7.10. The van der Waals surface area contributed by atoms with Crippen LogP contribution < -0.4 is 0 Å². The number of hydrogen-bond acceptors (Lipinski definition) is 3. The van der Waals surface area contributed by atoms with Crippen LogP contribution in [-0.2, 0) is 11.3 Å². The summed E-state index contributed by atoms with van der Waals surface area (Å²) in [5, 5.41) is 5.38. The van der Waals surface area contributed by atoms with Crippen molar-refractivity contribution >= 4 is 11.6 Å². The lowest BCUT2D eigenvalue weighted by molar-refractivity contribution is -0.00488. The van der Waals surface area contributed by atoms with Crippen LogP contribution in [0.25, 0.3) is 0 Å². The van der Waals surface area contributed by atoms with Gasteiger partial charge >= 0.3 is 0 Å². The van der Waals surface area contributed by atoms with Crippen LogP contribution in [0.3, 0.4) is 0 Å². The van der Waals surface area contributed by atoms with Crippen molar-refractivity contribution in [3.63, 3.8) is 0 Å². The summed E-state index contributed by atoms with van der Waals surface area (Å²) < 4.78 is 7.97. The number of nitrogens with zero attached hydrogens (tertiary/aromatic N) is 3. The number of ether oxygens (including phenoxy) is 1. The lowest BCUT2D eigenvalue weighted by atomic mass is 9.77. The predicted octanol–water partition coefficient (Wildman–Crippen LogP) is 3.94. The molecule has 1 aliphatic heterocycles.